The first-order valence-electron chi connectivity index (χ1n) is 4.57. The molecule has 0 aromatic carbocycles. The molecule has 1 unspecified atom stereocenters. The van der Waals surface area contributed by atoms with Gasteiger partial charge in [-0.05, 0) is 13.0 Å². The van der Waals surface area contributed by atoms with E-state index in [0.717, 1.165) is 13.0 Å². The van der Waals surface area contributed by atoms with Crippen LogP contribution >= 0.6 is 0 Å². The third-order valence-electron chi connectivity index (χ3n) is 2.69. The van der Waals surface area contributed by atoms with Gasteiger partial charge in [0, 0.05) is 13.1 Å². The third-order valence-corrected chi connectivity index (χ3v) is 2.69. The number of likely N-dealkylation sites (tertiary alicyclic amines) is 1. The van der Waals surface area contributed by atoms with Crippen LogP contribution in [0.4, 0.5) is 0 Å². The summed E-state index contributed by atoms with van der Waals surface area (Å²) in [6.45, 7) is 1.41. The predicted octanol–water partition coefficient (Wildman–Crippen LogP) is -2.09. The van der Waals surface area contributed by atoms with Crippen LogP contribution in [0.25, 0.3) is 0 Å². The average Bonchev–Trinajstić information content (AvgIpc) is 2.28. The molecular weight excluding hydrogens is 172 g/mol. The van der Waals surface area contributed by atoms with E-state index in [9.17, 15) is 15.0 Å². The monoisotopic (exact) mass is 186 g/mol. The maximum atomic E-state index is 11.6. The Morgan fingerprint density at radius 1 is 1.31 bits per heavy atom. The highest BCUT2D eigenvalue weighted by molar-refractivity contribution is 5.83. The first kappa shape index (κ1) is 8.93. The van der Waals surface area contributed by atoms with Crippen molar-refractivity contribution in [1.82, 2.24) is 10.2 Å². The van der Waals surface area contributed by atoms with Gasteiger partial charge in [-0.3, -0.25) is 4.79 Å². The molecule has 3 N–H and O–H groups in total. The van der Waals surface area contributed by atoms with Crippen molar-refractivity contribution < 1.29 is 15.0 Å². The molecule has 74 valence electrons. The minimum atomic E-state index is -0.774. The summed E-state index contributed by atoms with van der Waals surface area (Å²) in [7, 11) is 0. The van der Waals surface area contributed by atoms with Gasteiger partial charge < -0.3 is 20.4 Å². The molecule has 2 aliphatic heterocycles. The number of nitrogens with one attached hydrogen (secondary N) is 1. The Labute approximate surface area is 76.3 Å². The minimum Gasteiger partial charge on any atom is -0.388 e. The highest BCUT2D eigenvalue weighted by atomic mass is 16.3. The van der Waals surface area contributed by atoms with Gasteiger partial charge in [0.25, 0.3) is 0 Å². The molecule has 0 aromatic heterocycles. The largest absolute Gasteiger partial charge is 0.388 e. The van der Waals surface area contributed by atoms with Gasteiger partial charge >= 0.3 is 0 Å². The molecule has 13 heavy (non-hydrogen) atoms. The summed E-state index contributed by atoms with van der Waals surface area (Å²) in [4.78, 5) is 13.1. The zero-order chi connectivity index (χ0) is 9.42. The van der Waals surface area contributed by atoms with E-state index in [1.165, 1.54) is 4.90 Å². The summed E-state index contributed by atoms with van der Waals surface area (Å²) in [5.74, 6) is 0.00171. The summed E-state index contributed by atoms with van der Waals surface area (Å²) in [6, 6.07) is -0.0856. The molecule has 3 atom stereocenters. The van der Waals surface area contributed by atoms with Crippen molar-refractivity contribution >= 4 is 5.91 Å². The van der Waals surface area contributed by atoms with E-state index in [4.69, 9.17) is 0 Å². The number of rotatable bonds is 1. The molecular formula is C8H14N2O3. The van der Waals surface area contributed by atoms with Gasteiger partial charge in [0.2, 0.25) is 5.91 Å². The van der Waals surface area contributed by atoms with E-state index < -0.39 is 12.2 Å². The van der Waals surface area contributed by atoms with Crippen LogP contribution in [0.1, 0.15) is 6.42 Å². The molecule has 2 rings (SSSR count). The Bertz CT molecular complexity index is 207. The van der Waals surface area contributed by atoms with Gasteiger partial charge in [-0.1, -0.05) is 0 Å². The fourth-order valence-corrected chi connectivity index (χ4v) is 1.67. The van der Waals surface area contributed by atoms with Crippen LogP contribution in [-0.4, -0.2) is 58.9 Å². The van der Waals surface area contributed by atoms with Gasteiger partial charge in [-0.25, -0.2) is 0 Å². The number of carbonyl (C=O) groups is 1. The van der Waals surface area contributed by atoms with E-state index >= 15 is 0 Å². The topological polar surface area (TPSA) is 72.8 Å². The van der Waals surface area contributed by atoms with Crippen molar-refractivity contribution in [3.8, 4) is 0 Å². The summed E-state index contributed by atoms with van der Waals surface area (Å²) in [5.41, 5.74) is 0. The number of aliphatic hydroxyl groups is 2. The maximum absolute atomic E-state index is 11.6. The van der Waals surface area contributed by atoms with Gasteiger partial charge in [0.15, 0.2) is 0 Å². The number of β-amino-alcohol motifs (C(OH)–C–C–N with tert-alkyl or cyclic N) is 2. The van der Waals surface area contributed by atoms with Crippen LogP contribution < -0.4 is 5.32 Å². The lowest BCUT2D eigenvalue weighted by atomic mass is 10.1. The second-order valence-corrected chi connectivity index (χ2v) is 3.67. The van der Waals surface area contributed by atoms with E-state index in [2.05, 4.69) is 5.32 Å². The van der Waals surface area contributed by atoms with Gasteiger partial charge in [-0.2, -0.15) is 0 Å². The first-order valence-corrected chi connectivity index (χ1v) is 4.57. The van der Waals surface area contributed by atoms with Gasteiger partial charge in [-0.15, -0.1) is 0 Å². The lowest BCUT2D eigenvalue weighted by molar-refractivity contribution is -0.134. The van der Waals surface area contributed by atoms with Gasteiger partial charge in [0.1, 0.15) is 0 Å². The van der Waals surface area contributed by atoms with Crippen molar-refractivity contribution in [2.75, 3.05) is 19.6 Å². The standard InChI is InChI=1S/C8H14N2O3/c11-6-3-10(4-7(6)12)8(13)5-1-2-9-5/h5-7,9,11-12H,1-4H2/t5?,6-,7+. The normalized spacial score (nSPS) is 38.9. The molecule has 2 saturated heterocycles. The smallest absolute Gasteiger partial charge is 0.239 e. The summed E-state index contributed by atoms with van der Waals surface area (Å²) in [5, 5.41) is 21.4. The lowest BCUT2D eigenvalue weighted by Gasteiger charge is -2.30. The van der Waals surface area contributed by atoms with Crippen molar-refractivity contribution in [2.24, 2.45) is 0 Å². The quantitative estimate of drug-likeness (QED) is 0.439. The number of hydrogen-bond acceptors (Lipinski definition) is 4. The Morgan fingerprint density at radius 2 is 1.85 bits per heavy atom. The zero-order valence-corrected chi connectivity index (χ0v) is 7.31. The summed E-state index contributed by atoms with van der Waals surface area (Å²) >= 11 is 0. The fourth-order valence-electron chi connectivity index (χ4n) is 1.67. The van der Waals surface area contributed by atoms with Crippen LogP contribution in [-0.2, 0) is 4.79 Å². The second-order valence-electron chi connectivity index (χ2n) is 3.67. The van der Waals surface area contributed by atoms with Crippen LogP contribution in [0.5, 0.6) is 0 Å². The second kappa shape index (κ2) is 3.25. The van der Waals surface area contributed by atoms with E-state index in [0.29, 0.717) is 0 Å². The fraction of sp³-hybridized carbons (Fsp3) is 0.875. The van der Waals surface area contributed by atoms with Crippen LogP contribution in [0, 0.1) is 0 Å². The zero-order valence-electron chi connectivity index (χ0n) is 7.31. The highest BCUT2D eigenvalue weighted by Crippen LogP contribution is 2.14. The molecule has 2 aliphatic rings. The predicted molar refractivity (Wildman–Crippen MR) is 45.0 cm³/mol. The van der Waals surface area contributed by atoms with Crippen molar-refractivity contribution in [3.63, 3.8) is 0 Å². The van der Waals surface area contributed by atoms with Crippen LogP contribution in [0.3, 0.4) is 0 Å². The minimum absolute atomic E-state index is 0.00171. The van der Waals surface area contributed by atoms with E-state index in [1.807, 2.05) is 0 Å². The van der Waals surface area contributed by atoms with Crippen LogP contribution in [0.2, 0.25) is 0 Å². The average molecular weight is 186 g/mol. The lowest BCUT2D eigenvalue weighted by Crippen LogP contribution is -2.54. The van der Waals surface area contributed by atoms with E-state index in [-0.39, 0.29) is 25.0 Å². The molecule has 0 bridgehead atoms. The Hall–Kier alpha value is -0.650. The highest BCUT2D eigenvalue weighted by Gasteiger charge is 2.37. The molecule has 2 fully saturated rings. The SMILES string of the molecule is O=C(C1CCN1)N1C[C@@H](O)[C@@H](O)C1. The molecule has 0 saturated carbocycles. The Kier molecular flexibility index (Phi) is 2.23. The summed E-state index contributed by atoms with van der Waals surface area (Å²) < 4.78 is 0. The van der Waals surface area contributed by atoms with Crippen molar-refractivity contribution in [1.29, 1.82) is 0 Å². The van der Waals surface area contributed by atoms with Gasteiger partial charge in [0.05, 0.1) is 18.2 Å². The van der Waals surface area contributed by atoms with Crippen LogP contribution in [0.15, 0.2) is 0 Å². The maximum Gasteiger partial charge on any atom is 0.239 e. The number of amides is 1. The molecule has 0 aliphatic carbocycles. The summed E-state index contributed by atoms with van der Waals surface area (Å²) in [6.07, 6.45) is -0.685. The van der Waals surface area contributed by atoms with Crippen molar-refractivity contribution in [2.45, 2.75) is 24.7 Å². The Balaban J connectivity index is 1.91. The molecule has 5 nitrogen and oxygen atoms in total. The number of nitrogens with zero attached hydrogens (tertiary/aromatic N) is 1. The van der Waals surface area contributed by atoms with Crippen molar-refractivity contribution in [3.05, 3.63) is 0 Å². The molecule has 1 amide bonds. The number of aliphatic hydroxyl groups excluding tert-OH is 2. The van der Waals surface area contributed by atoms with E-state index in [1.54, 1.807) is 0 Å². The molecule has 0 aromatic rings. The molecule has 5 heteroatoms. The molecule has 2 heterocycles. The molecule has 0 radical (unpaired) electrons. The third kappa shape index (κ3) is 1.54. The first-order chi connectivity index (χ1) is 6.18. The number of hydrogen-bond donors (Lipinski definition) is 3. The number of carbonyl (C=O) groups excluding carboxylic acids is 1. The Morgan fingerprint density at radius 3 is 2.23 bits per heavy atom. The molecule has 0 spiro atoms.